The van der Waals surface area contributed by atoms with E-state index in [0.717, 1.165) is 21.3 Å². The van der Waals surface area contributed by atoms with Gasteiger partial charge in [-0.25, -0.2) is 4.98 Å². The Bertz CT molecular complexity index is 424. The monoisotopic (exact) mass is 279 g/mol. The number of nitrogens with zero attached hydrogens (tertiary/aromatic N) is 1. The molecule has 0 atom stereocenters. The molecule has 0 bridgehead atoms. The summed E-state index contributed by atoms with van der Waals surface area (Å²) in [6, 6.07) is 7.63. The fourth-order valence-corrected chi connectivity index (χ4v) is 2.27. The Morgan fingerprint density at radius 2 is 1.87 bits per heavy atom. The molecule has 0 radical (unpaired) electrons. The summed E-state index contributed by atoms with van der Waals surface area (Å²) in [6.45, 7) is 0. The van der Waals surface area contributed by atoms with Crippen LogP contribution in [0.4, 0.5) is 0 Å². The lowest BCUT2D eigenvalue weighted by Crippen LogP contribution is -1.78. The van der Waals surface area contributed by atoms with Crippen molar-refractivity contribution in [3.05, 3.63) is 40.4 Å². The minimum atomic E-state index is 0. The van der Waals surface area contributed by atoms with E-state index in [-0.39, 0.29) is 12.4 Å². The van der Waals surface area contributed by atoms with E-state index in [4.69, 9.17) is 23.2 Å². The predicted octanol–water partition coefficient (Wildman–Crippen LogP) is 4.62. The van der Waals surface area contributed by atoms with Crippen molar-refractivity contribution in [2.45, 2.75) is 5.88 Å². The van der Waals surface area contributed by atoms with Gasteiger partial charge in [0, 0.05) is 16.0 Å². The van der Waals surface area contributed by atoms with Crippen LogP contribution in [0.15, 0.2) is 29.6 Å². The van der Waals surface area contributed by atoms with Gasteiger partial charge < -0.3 is 0 Å². The largest absolute Gasteiger partial charge is 0.240 e. The number of aromatic nitrogens is 1. The first-order valence-corrected chi connectivity index (χ1v) is 5.85. The van der Waals surface area contributed by atoms with Crippen LogP contribution in [0.3, 0.4) is 0 Å². The first-order valence-electron chi connectivity index (χ1n) is 4.06. The highest BCUT2D eigenvalue weighted by Crippen LogP contribution is 2.25. The topological polar surface area (TPSA) is 12.9 Å². The van der Waals surface area contributed by atoms with Crippen LogP contribution in [-0.2, 0) is 5.88 Å². The molecule has 0 spiro atoms. The lowest BCUT2D eigenvalue weighted by Gasteiger charge is -1.95. The second kappa shape index (κ2) is 5.71. The van der Waals surface area contributed by atoms with Gasteiger partial charge >= 0.3 is 0 Å². The Hall–Kier alpha value is -0.280. The standard InChI is InChI=1S/C10H7Cl2NS.ClH/c11-5-9-6-14-10(13-9)7-1-3-8(12)4-2-7;/h1-4,6H,5H2;1H. The van der Waals surface area contributed by atoms with E-state index < -0.39 is 0 Å². The van der Waals surface area contributed by atoms with E-state index in [1.165, 1.54) is 0 Å². The number of halogens is 3. The van der Waals surface area contributed by atoms with Gasteiger partial charge in [-0.15, -0.1) is 35.3 Å². The molecule has 0 amide bonds. The number of hydrogen-bond acceptors (Lipinski definition) is 2. The van der Waals surface area contributed by atoms with E-state index in [9.17, 15) is 0 Å². The zero-order valence-corrected chi connectivity index (χ0v) is 10.8. The molecule has 0 N–H and O–H groups in total. The van der Waals surface area contributed by atoms with Crippen LogP contribution in [0, 0.1) is 0 Å². The maximum Gasteiger partial charge on any atom is 0.123 e. The Morgan fingerprint density at radius 1 is 1.20 bits per heavy atom. The van der Waals surface area contributed by atoms with Crippen LogP contribution in [-0.4, -0.2) is 4.98 Å². The molecule has 1 aromatic carbocycles. The maximum atomic E-state index is 5.79. The summed E-state index contributed by atoms with van der Waals surface area (Å²) in [5.41, 5.74) is 2.00. The van der Waals surface area contributed by atoms with Crippen LogP contribution in [0.2, 0.25) is 5.02 Å². The predicted molar refractivity (Wildman–Crippen MR) is 69.4 cm³/mol. The molecule has 80 valence electrons. The average molecular weight is 281 g/mol. The number of rotatable bonds is 2. The van der Waals surface area contributed by atoms with E-state index in [0.29, 0.717) is 5.88 Å². The molecule has 0 saturated carbocycles. The molecule has 0 aliphatic carbocycles. The van der Waals surface area contributed by atoms with Crippen LogP contribution < -0.4 is 0 Å². The van der Waals surface area contributed by atoms with E-state index in [1.807, 2.05) is 29.6 Å². The van der Waals surface area contributed by atoms with Crippen molar-refractivity contribution < 1.29 is 0 Å². The van der Waals surface area contributed by atoms with Crippen molar-refractivity contribution in [1.29, 1.82) is 0 Å². The summed E-state index contributed by atoms with van der Waals surface area (Å²) >= 11 is 13.1. The molecule has 1 nitrogen and oxygen atoms in total. The minimum Gasteiger partial charge on any atom is -0.240 e. The second-order valence-corrected chi connectivity index (χ2v) is 4.35. The molecule has 0 aliphatic heterocycles. The summed E-state index contributed by atoms with van der Waals surface area (Å²) in [4.78, 5) is 4.37. The Labute approximate surface area is 108 Å². The molecule has 0 fully saturated rings. The van der Waals surface area contributed by atoms with Gasteiger partial charge in [0.2, 0.25) is 0 Å². The highest BCUT2D eigenvalue weighted by molar-refractivity contribution is 7.13. The zero-order chi connectivity index (χ0) is 9.97. The number of benzene rings is 1. The van der Waals surface area contributed by atoms with Crippen molar-refractivity contribution in [1.82, 2.24) is 4.98 Å². The first kappa shape index (κ1) is 12.8. The van der Waals surface area contributed by atoms with Gasteiger partial charge in [0.05, 0.1) is 11.6 Å². The molecule has 0 aliphatic rings. The highest BCUT2D eigenvalue weighted by atomic mass is 35.5. The molecule has 0 unspecified atom stereocenters. The third-order valence-corrected chi connectivity index (χ3v) is 3.25. The van der Waals surface area contributed by atoms with Gasteiger partial charge in [0.25, 0.3) is 0 Å². The molecule has 0 saturated heterocycles. The molecular weight excluding hydrogens is 273 g/mol. The third kappa shape index (κ3) is 3.08. The van der Waals surface area contributed by atoms with Gasteiger partial charge in [-0.2, -0.15) is 0 Å². The molecule has 1 heterocycles. The van der Waals surface area contributed by atoms with E-state index >= 15 is 0 Å². The third-order valence-electron chi connectivity index (χ3n) is 1.78. The van der Waals surface area contributed by atoms with Crippen LogP contribution in [0.25, 0.3) is 10.6 Å². The Balaban J connectivity index is 0.00000112. The van der Waals surface area contributed by atoms with Gasteiger partial charge in [-0.05, 0) is 12.1 Å². The molecular formula is C10H8Cl3NS. The van der Waals surface area contributed by atoms with Gasteiger partial charge in [0.15, 0.2) is 0 Å². The van der Waals surface area contributed by atoms with Crippen LogP contribution in [0.5, 0.6) is 0 Å². The lowest BCUT2D eigenvalue weighted by molar-refractivity contribution is 1.23. The first-order chi connectivity index (χ1) is 6.79. The number of alkyl halides is 1. The summed E-state index contributed by atoms with van der Waals surface area (Å²) < 4.78 is 0. The molecule has 5 heteroatoms. The quantitative estimate of drug-likeness (QED) is 0.731. The molecule has 2 rings (SSSR count). The van der Waals surface area contributed by atoms with Crippen molar-refractivity contribution in [2.75, 3.05) is 0 Å². The lowest BCUT2D eigenvalue weighted by atomic mass is 10.2. The summed E-state index contributed by atoms with van der Waals surface area (Å²) in [7, 11) is 0. The SMILES string of the molecule is Cl.ClCc1csc(-c2ccc(Cl)cc2)n1. The van der Waals surface area contributed by atoms with Crippen molar-refractivity contribution in [3.63, 3.8) is 0 Å². The summed E-state index contributed by atoms with van der Waals surface area (Å²) in [6.07, 6.45) is 0. The maximum absolute atomic E-state index is 5.79. The van der Waals surface area contributed by atoms with Crippen LogP contribution >= 0.6 is 46.9 Å². The second-order valence-electron chi connectivity index (χ2n) is 2.78. The fourth-order valence-electron chi connectivity index (χ4n) is 1.09. The average Bonchev–Trinajstić information content (AvgIpc) is 2.67. The number of thiazole rings is 1. The van der Waals surface area contributed by atoms with Gasteiger partial charge in [-0.3, -0.25) is 0 Å². The smallest absolute Gasteiger partial charge is 0.123 e. The summed E-state index contributed by atoms with van der Waals surface area (Å²) in [5.74, 6) is 0.462. The minimum absolute atomic E-state index is 0. The van der Waals surface area contributed by atoms with Gasteiger partial charge in [0.1, 0.15) is 5.01 Å². The molecule has 15 heavy (non-hydrogen) atoms. The molecule has 1 aromatic heterocycles. The van der Waals surface area contributed by atoms with Crippen molar-refractivity contribution in [3.8, 4) is 10.6 Å². The zero-order valence-electron chi connectivity index (χ0n) is 7.61. The fraction of sp³-hybridized carbons (Fsp3) is 0.100. The Morgan fingerprint density at radius 3 is 2.40 bits per heavy atom. The van der Waals surface area contributed by atoms with Crippen LogP contribution in [0.1, 0.15) is 5.69 Å². The highest BCUT2D eigenvalue weighted by Gasteiger charge is 2.03. The number of hydrogen-bond donors (Lipinski definition) is 0. The van der Waals surface area contributed by atoms with E-state index in [2.05, 4.69) is 4.98 Å². The molecule has 2 aromatic rings. The normalized spacial score (nSPS) is 9.73. The van der Waals surface area contributed by atoms with Gasteiger partial charge in [-0.1, -0.05) is 23.7 Å². The van der Waals surface area contributed by atoms with Crippen molar-refractivity contribution in [2.24, 2.45) is 0 Å². The summed E-state index contributed by atoms with van der Waals surface area (Å²) in [5, 5.41) is 3.69. The Kier molecular flexibility index (Phi) is 4.87. The van der Waals surface area contributed by atoms with Crippen molar-refractivity contribution >= 4 is 46.9 Å². The van der Waals surface area contributed by atoms with E-state index in [1.54, 1.807) is 11.3 Å².